The van der Waals surface area contributed by atoms with Crippen molar-refractivity contribution in [3.63, 3.8) is 0 Å². The molecule has 0 aliphatic heterocycles. The highest BCUT2D eigenvalue weighted by Gasteiger charge is 2.11. The molecule has 1 heterocycles. The molecule has 0 amide bonds. The van der Waals surface area contributed by atoms with Crippen molar-refractivity contribution in [3.8, 4) is 0 Å². The molecule has 0 saturated heterocycles. The number of benzene rings is 1. The summed E-state index contributed by atoms with van der Waals surface area (Å²) in [4.78, 5) is 0. The number of nitrogens with zero attached hydrogens (tertiary/aromatic N) is 2. The van der Waals surface area contributed by atoms with Gasteiger partial charge < -0.3 is 5.32 Å². The molecule has 0 spiro atoms. The van der Waals surface area contributed by atoms with Gasteiger partial charge in [0.1, 0.15) is 0 Å². The van der Waals surface area contributed by atoms with E-state index in [2.05, 4.69) is 55.5 Å². The molecule has 0 aliphatic carbocycles. The van der Waals surface area contributed by atoms with E-state index in [1.807, 2.05) is 17.8 Å². The van der Waals surface area contributed by atoms with Gasteiger partial charge in [-0.05, 0) is 38.8 Å². The summed E-state index contributed by atoms with van der Waals surface area (Å²) in [6, 6.07) is 8.44. The molecule has 1 N–H and O–H groups in total. The highest BCUT2D eigenvalue weighted by molar-refractivity contribution is 6.31. The van der Waals surface area contributed by atoms with Crippen LogP contribution >= 0.6 is 11.6 Å². The van der Waals surface area contributed by atoms with Gasteiger partial charge >= 0.3 is 0 Å². The van der Waals surface area contributed by atoms with Crippen molar-refractivity contribution < 1.29 is 0 Å². The number of halogens is 1. The van der Waals surface area contributed by atoms with Crippen LogP contribution < -0.4 is 5.32 Å². The zero-order valence-corrected chi connectivity index (χ0v) is 13.3. The predicted octanol–water partition coefficient (Wildman–Crippen LogP) is 3.78. The first-order valence-electron chi connectivity index (χ1n) is 6.86. The molecule has 1 aromatic carbocycles. The summed E-state index contributed by atoms with van der Waals surface area (Å²) in [7, 11) is 0. The molecule has 0 bridgehead atoms. The van der Waals surface area contributed by atoms with E-state index in [0.29, 0.717) is 0 Å². The van der Waals surface area contributed by atoms with Gasteiger partial charge in [0.2, 0.25) is 0 Å². The summed E-state index contributed by atoms with van der Waals surface area (Å²) in [5.41, 5.74) is 3.55. The molecule has 0 saturated carbocycles. The third-order valence-corrected chi connectivity index (χ3v) is 3.52. The van der Waals surface area contributed by atoms with Gasteiger partial charge in [-0.1, -0.05) is 35.9 Å². The zero-order valence-electron chi connectivity index (χ0n) is 12.6. The highest BCUT2D eigenvalue weighted by atomic mass is 35.5. The van der Waals surface area contributed by atoms with E-state index in [1.54, 1.807) is 0 Å². The van der Waals surface area contributed by atoms with E-state index in [1.165, 1.54) is 11.1 Å². The highest BCUT2D eigenvalue weighted by Crippen LogP contribution is 2.16. The molecule has 20 heavy (non-hydrogen) atoms. The summed E-state index contributed by atoms with van der Waals surface area (Å²) < 4.78 is 1.90. The van der Waals surface area contributed by atoms with Crippen molar-refractivity contribution in [2.75, 3.05) is 0 Å². The van der Waals surface area contributed by atoms with Crippen LogP contribution in [0, 0.1) is 6.92 Å². The molecule has 3 nitrogen and oxygen atoms in total. The Morgan fingerprint density at radius 3 is 2.40 bits per heavy atom. The standard InChI is InChI=1S/C16H22ClN3/c1-12-15(17)11-20(19-12)10-14-8-6-5-7-13(14)9-18-16(2,3)4/h5-8,11,18H,9-10H2,1-4H3. The molecule has 0 aliphatic rings. The topological polar surface area (TPSA) is 29.9 Å². The lowest BCUT2D eigenvalue weighted by Gasteiger charge is -2.21. The summed E-state index contributed by atoms with van der Waals surface area (Å²) in [6.07, 6.45) is 1.88. The number of aryl methyl sites for hydroxylation is 1. The molecule has 1 aromatic heterocycles. The van der Waals surface area contributed by atoms with Crippen LogP contribution in [0.25, 0.3) is 0 Å². The number of hydrogen-bond donors (Lipinski definition) is 1. The smallest absolute Gasteiger partial charge is 0.0815 e. The average Bonchev–Trinajstić information content (AvgIpc) is 2.66. The van der Waals surface area contributed by atoms with Crippen molar-refractivity contribution in [2.45, 2.75) is 46.3 Å². The summed E-state index contributed by atoms with van der Waals surface area (Å²) in [6.45, 7) is 10.0. The first-order chi connectivity index (χ1) is 9.35. The van der Waals surface area contributed by atoms with Crippen LogP contribution in [-0.2, 0) is 13.1 Å². The van der Waals surface area contributed by atoms with Gasteiger partial charge in [0, 0.05) is 18.3 Å². The van der Waals surface area contributed by atoms with Crippen molar-refractivity contribution in [2.24, 2.45) is 0 Å². The minimum absolute atomic E-state index is 0.110. The Kier molecular flexibility index (Phi) is 4.51. The molecule has 0 atom stereocenters. The second kappa shape index (κ2) is 5.98. The average molecular weight is 292 g/mol. The second-order valence-electron chi connectivity index (χ2n) is 6.13. The third-order valence-electron chi connectivity index (χ3n) is 3.15. The van der Waals surface area contributed by atoms with Crippen molar-refractivity contribution in [3.05, 3.63) is 52.3 Å². The predicted molar refractivity (Wildman–Crippen MR) is 84.1 cm³/mol. The Morgan fingerprint density at radius 1 is 1.20 bits per heavy atom. The molecule has 2 rings (SSSR count). The zero-order chi connectivity index (χ0) is 14.8. The number of hydrogen-bond acceptors (Lipinski definition) is 2. The van der Waals surface area contributed by atoms with Gasteiger partial charge in [0.25, 0.3) is 0 Å². The second-order valence-corrected chi connectivity index (χ2v) is 6.54. The van der Waals surface area contributed by atoms with Crippen LogP contribution in [0.4, 0.5) is 0 Å². The van der Waals surface area contributed by atoms with E-state index in [9.17, 15) is 0 Å². The minimum Gasteiger partial charge on any atom is -0.308 e. The van der Waals surface area contributed by atoms with Crippen LogP contribution in [0.15, 0.2) is 30.5 Å². The fraction of sp³-hybridized carbons (Fsp3) is 0.438. The third kappa shape index (κ3) is 4.09. The quantitative estimate of drug-likeness (QED) is 0.929. The molecule has 0 unspecified atom stereocenters. The van der Waals surface area contributed by atoms with Crippen LogP contribution in [0.1, 0.15) is 37.6 Å². The largest absolute Gasteiger partial charge is 0.308 e. The molecule has 108 valence electrons. The first-order valence-corrected chi connectivity index (χ1v) is 7.24. The SMILES string of the molecule is Cc1nn(Cc2ccccc2CNC(C)(C)C)cc1Cl. The van der Waals surface area contributed by atoms with Crippen LogP contribution in [0.2, 0.25) is 5.02 Å². The van der Waals surface area contributed by atoms with Crippen LogP contribution in [0.5, 0.6) is 0 Å². The first kappa shape index (κ1) is 15.1. The van der Waals surface area contributed by atoms with E-state index >= 15 is 0 Å². The fourth-order valence-electron chi connectivity index (χ4n) is 1.99. The Bertz CT molecular complexity index is 562. The lowest BCUT2D eigenvalue weighted by atomic mass is 10.0. The Balaban J connectivity index is 2.15. The Labute approximate surface area is 126 Å². The van der Waals surface area contributed by atoms with Gasteiger partial charge in [0.05, 0.1) is 17.3 Å². The minimum atomic E-state index is 0.110. The molecule has 2 aromatic rings. The lowest BCUT2D eigenvalue weighted by molar-refractivity contribution is 0.423. The maximum Gasteiger partial charge on any atom is 0.0815 e. The van der Waals surface area contributed by atoms with Gasteiger partial charge in [-0.2, -0.15) is 5.10 Å². The Hall–Kier alpha value is -1.32. The molecule has 4 heteroatoms. The lowest BCUT2D eigenvalue weighted by Crippen LogP contribution is -2.35. The summed E-state index contributed by atoms with van der Waals surface area (Å²) in [5.74, 6) is 0. The summed E-state index contributed by atoms with van der Waals surface area (Å²) in [5, 5.41) is 8.66. The maximum atomic E-state index is 6.06. The van der Waals surface area contributed by atoms with Crippen molar-refractivity contribution in [1.29, 1.82) is 0 Å². The number of aromatic nitrogens is 2. The van der Waals surface area contributed by atoms with E-state index < -0.39 is 0 Å². The number of nitrogens with one attached hydrogen (secondary N) is 1. The molecule has 0 fully saturated rings. The monoisotopic (exact) mass is 291 g/mol. The van der Waals surface area contributed by atoms with Crippen LogP contribution in [-0.4, -0.2) is 15.3 Å². The number of rotatable bonds is 4. The van der Waals surface area contributed by atoms with Crippen molar-refractivity contribution in [1.82, 2.24) is 15.1 Å². The van der Waals surface area contributed by atoms with Gasteiger partial charge in [-0.3, -0.25) is 4.68 Å². The molecular weight excluding hydrogens is 270 g/mol. The maximum absolute atomic E-state index is 6.06. The van der Waals surface area contributed by atoms with Crippen molar-refractivity contribution >= 4 is 11.6 Å². The fourth-order valence-corrected chi connectivity index (χ4v) is 2.14. The summed E-state index contributed by atoms with van der Waals surface area (Å²) >= 11 is 6.06. The van der Waals surface area contributed by atoms with E-state index in [0.717, 1.165) is 23.8 Å². The van der Waals surface area contributed by atoms with E-state index in [4.69, 9.17) is 11.6 Å². The van der Waals surface area contributed by atoms with Gasteiger partial charge in [-0.15, -0.1) is 0 Å². The van der Waals surface area contributed by atoms with Gasteiger partial charge in [-0.25, -0.2) is 0 Å². The normalized spacial score (nSPS) is 11.8. The Morgan fingerprint density at radius 2 is 1.85 bits per heavy atom. The van der Waals surface area contributed by atoms with Gasteiger partial charge in [0.15, 0.2) is 0 Å². The molecular formula is C16H22ClN3. The molecule has 0 radical (unpaired) electrons. The van der Waals surface area contributed by atoms with Crippen LogP contribution in [0.3, 0.4) is 0 Å². The van der Waals surface area contributed by atoms with E-state index in [-0.39, 0.29) is 5.54 Å².